The SMILES string of the molecule is CC1(O)CCCN(C(=O)c2c(-c3ccccc3)c(-c3ccccc3)n[nH]c2=O)C1. The fraction of sp³-hybridized carbons (Fsp3) is 0.261. The molecule has 1 aliphatic heterocycles. The van der Waals surface area contributed by atoms with Gasteiger partial charge < -0.3 is 10.0 Å². The van der Waals surface area contributed by atoms with Gasteiger partial charge in [-0.25, -0.2) is 5.10 Å². The highest BCUT2D eigenvalue weighted by molar-refractivity contribution is 6.03. The summed E-state index contributed by atoms with van der Waals surface area (Å²) in [4.78, 5) is 27.8. The Balaban J connectivity index is 1.92. The maximum absolute atomic E-state index is 13.5. The summed E-state index contributed by atoms with van der Waals surface area (Å²) in [5, 5.41) is 17.2. The minimum atomic E-state index is -0.955. The monoisotopic (exact) mass is 389 g/mol. The zero-order chi connectivity index (χ0) is 20.4. The summed E-state index contributed by atoms with van der Waals surface area (Å²) in [6.07, 6.45) is 1.32. The fourth-order valence-corrected chi connectivity index (χ4v) is 3.90. The topological polar surface area (TPSA) is 86.3 Å². The van der Waals surface area contributed by atoms with E-state index in [9.17, 15) is 14.7 Å². The normalized spacial score (nSPS) is 19.2. The van der Waals surface area contributed by atoms with E-state index in [0.717, 1.165) is 11.1 Å². The molecule has 2 N–H and O–H groups in total. The lowest BCUT2D eigenvalue weighted by molar-refractivity contribution is -0.0107. The van der Waals surface area contributed by atoms with Gasteiger partial charge in [-0.05, 0) is 25.3 Å². The lowest BCUT2D eigenvalue weighted by Crippen LogP contribution is -2.49. The number of β-amino-alcohol motifs (C(OH)–C–C–N with tert-alkyl or cyclic N) is 1. The van der Waals surface area contributed by atoms with Crippen LogP contribution in [0, 0.1) is 0 Å². The van der Waals surface area contributed by atoms with Gasteiger partial charge in [0, 0.05) is 24.2 Å². The van der Waals surface area contributed by atoms with Crippen LogP contribution in [0.3, 0.4) is 0 Å². The summed E-state index contributed by atoms with van der Waals surface area (Å²) in [5.74, 6) is -0.385. The highest BCUT2D eigenvalue weighted by Gasteiger charge is 2.34. The van der Waals surface area contributed by atoms with Crippen molar-refractivity contribution < 1.29 is 9.90 Å². The highest BCUT2D eigenvalue weighted by Crippen LogP contribution is 2.33. The molecule has 1 saturated heterocycles. The Kier molecular flexibility index (Phi) is 5.03. The second-order valence-corrected chi connectivity index (χ2v) is 7.71. The van der Waals surface area contributed by atoms with E-state index in [1.54, 1.807) is 11.8 Å². The van der Waals surface area contributed by atoms with Gasteiger partial charge in [-0.1, -0.05) is 60.7 Å². The first-order chi connectivity index (χ1) is 14.0. The van der Waals surface area contributed by atoms with Gasteiger partial charge in [0.2, 0.25) is 0 Å². The number of hydrogen-bond acceptors (Lipinski definition) is 4. The fourth-order valence-electron chi connectivity index (χ4n) is 3.90. The first-order valence-corrected chi connectivity index (χ1v) is 9.71. The molecule has 0 radical (unpaired) electrons. The van der Waals surface area contributed by atoms with Crippen LogP contribution in [0.25, 0.3) is 22.4 Å². The Morgan fingerprint density at radius 1 is 1.07 bits per heavy atom. The second kappa shape index (κ2) is 7.64. The Bertz CT molecular complexity index is 1080. The molecule has 1 fully saturated rings. The summed E-state index contributed by atoms with van der Waals surface area (Å²) >= 11 is 0. The zero-order valence-corrected chi connectivity index (χ0v) is 16.3. The third kappa shape index (κ3) is 3.84. The minimum Gasteiger partial charge on any atom is -0.388 e. The molecule has 2 aromatic carbocycles. The van der Waals surface area contributed by atoms with Crippen molar-refractivity contribution in [3.05, 3.63) is 76.6 Å². The number of aromatic nitrogens is 2. The first kappa shape index (κ1) is 19.1. The van der Waals surface area contributed by atoms with Crippen molar-refractivity contribution in [2.45, 2.75) is 25.4 Å². The molecular formula is C23H23N3O3. The molecule has 0 spiro atoms. The summed E-state index contributed by atoms with van der Waals surface area (Å²) in [5.41, 5.74) is 1.18. The molecule has 1 aliphatic rings. The predicted octanol–water partition coefficient (Wildman–Crippen LogP) is 3.09. The number of aliphatic hydroxyl groups is 1. The Labute approximate surface area is 168 Å². The van der Waals surface area contributed by atoms with E-state index in [0.29, 0.717) is 30.6 Å². The number of carbonyl (C=O) groups excluding carboxylic acids is 1. The molecular weight excluding hydrogens is 366 g/mol. The third-order valence-electron chi connectivity index (χ3n) is 5.27. The largest absolute Gasteiger partial charge is 0.388 e. The lowest BCUT2D eigenvalue weighted by atomic mass is 9.92. The van der Waals surface area contributed by atoms with E-state index in [4.69, 9.17) is 0 Å². The van der Waals surface area contributed by atoms with E-state index >= 15 is 0 Å². The summed E-state index contributed by atoms with van der Waals surface area (Å²) < 4.78 is 0. The number of hydrogen-bond donors (Lipinski definition) is 2. The molecule has 148 valence electrons. The molecule has 1 atom stereocenters. The second-order valence-electron chi connectivity index (χ2n) is 7.71. The molecule has 3 aromatic rings. The van der Waals surface area contributed by atoms with Crippen LogP contribution in [0.15, 0.2) is 65.5 Å². The van der Waals surface area contributed by atoms with Crippen LogP contribution in [-0.2, 0) is 0 Å². The van der Waals surface area contributed by atoms with Crippen molar-refractivity contribution in [3.63, 3.8) is 0 Å². The number of rotatable bonds is 3. The van der Waals surface area contributed by atoms with Gasteiger partial charge >= 0.3 is 0 Å². The van der Waals surface area contributed by atoms with Crippen molar-refractivity contribution >= 4 is 5.91 Å². The molecule has 6 heteroatoms. The van der Waals surface area contributed by atoms with Crippen molar-refractivity contribution in [1.82, 2.24) is 15.1 Å². The van der Waals surface area contributed by atoms with Crippen LogP contribution in [0.1, 0.15) is 30.1 Å². The van der Waals surface area contributed by atoms with Crippen molar-refractivity contribution in [1.29, 1.82) is 0 Å². The van der Waals surface area contributed by atoms with Crippen molar-refractivity contribution in [3.8, 4) is 22.4 Å². The van der Waals surface area contributed by atoms with E-state index < -0.39 is 11.2 Å². The molecule has 0 aliphatic carbocycles. The minimum absolute atomic E-state index is 0.0581. The van der Waals surface area contributed by atoms with Gasteiger partial charge in [0.1, 0.15) is 5.56 Å². The van der Waals surface area contributed by atoms with E-state index in [-0.39, 0.29) is 18.0 Å². The quantitative estimate of drug-likeness (QED) is 0.721. The number of aromatic amines is 1. The van der Waals surface area contributed by atoms with Crippen molar-refractivity contribution in [2.24, 2.45) is 0 Å². The number of benzene rings is 2. The summed E-state index contributed by atoms with van der Waals surface area (Å²) in [6.45, 7) is 2.42. The van der Waals surface area contributed by atoms with Gasteiger partial charge in [-0.2, -0.15) is 5.10 Å². The van der Waals surface area contributed by atoms with Crippen LogP contribution in [0.5, 0.6) is 0 Å². The number of nitrogens with zero attached hydrogens (tertiary/aromatic N) is 2. The van der Waals surface area contributed by atoms with E-state index in [1.807, 2.05) is 60.7 Å². The molecule has 0 saturated carbocycles. The Hall–Kier alpha value is -3.25. The average molecular weight is 389 g/mol. The molecule has 6 nitrogen and oxygen atoms in total. The average Bonchev–Trinajstić information content (AvgIpc) is 2.73. The molecule has 2 heterocycles. The van der Waals surface area contributed by atoms with Gasteiger partial charge in [-0.3, -0.25) is 9.59 Å². The van der Waals surface area contributed by atoms with Gasteiger partial charge in [0.25, 0.3) is 11.5 Å². The van der Waals surface area contributed by atoms with Crippen LogP contribution < -0.4 is 5.56 Å². The van der Waals surface area contributed by atoms with E-state index in [1.165, 1.54) is 0 Å². The highest BCUT2D eigenvalue weighted by atomic mass is 16.3. The van der Waals surface area contributed by atoms with Crippen LogP contribution in [0.4, 0.5) is 0 Å². The number of amides is 1. The lowest BCUT2D eigenvalue weighted by Gasteiger charge is -2.37. The number of H-pyrrole nitrogens is 1. The van der Waals surface area contributed by atoms with Crippen LogP contribution >= 0.6 is 0 Å². The number of nitrogens with one attached hydrogen (secondary N) is 1. The molecule has 1 unspecified atom stereocenters. The standard InChI is InChI=1S/C23H23N3O3/c1-23(29)13-8-14-26(15-23)22(28)19-18(16-9-4-2-5-10-16)20(24-25-21(19)27)17-11-6-3-7-12-17/h2-7,9-12,29H,8,13-15H2,1H3,(H,25,27). The first-order valence-electron chi connectivity index (χ1n) is 9.71. The molecule has 1 aromatic heterocycles. The van der Waals surface area contributed by atoms with E-state index in [2.05, 4.69) is 10.2 Å². The zero-order valence-electron chi connectivity index (χ0n) is 16.3. The maximum Gasteiger partial charge on any atom is 0.277 e. The number of carbonyl (C=O) groups is 1. The van der Waals surface area contributed by atoms with Gasteiger partial charge in [-0.15, -0.1) is 0 Å². The van der Waals surface area contributed by atoms with Gasteiger partial charge in [0.05, 0.1) is 11.3 Å². The Morgan fingerprint density at radius 2 is 1.69 bits per heavy atom. The number of likely N-dealkylation sites (tertiary alicyclic amines) is 1. The number of piperidine rings is 1. The maximum atomic E-state index is 13.5. The molecule has 4 rings (SSSR count). The third-order valence-corrected chi connectivity index (χ3v) is 5.27. The van der Waals surface area contributed by atoms with Crippen LogP contribution in [0.2, 0.25) is 0 Å². The molecule has 0 bridgehead atoms. The Morgan fingerprint density at radius 3 is 2.31 bits per heavy atom. The van der Waals surface area contributed by atoms with Crippen LogP contribution in [-0.4, -0.2) is 44.8 Å². The molecule has 29 heavy (non-hydrogen) atoms. The summed E-state index contributed by atoms with van der Waals surface area (Å²) in [6, 6.07) is 18.8. The summed E-state index contributed by atoms with van der Waals surface area (Å²) in [7, 11) is 0. The van der Waals surface area contributed by atoms with Gasteiger partial charge in [0.15, 0.2) is 0 Å². The van der Waals surface area contributed by atoms with Crippen molar-refractivity contribution in [2.75, 3.05) is 13.1 Å². The predicted molar refractivity (Wildman–Crippen MR) is 111 cm³/mol. The smallest absolute Gasteiger partial charge is 0.277 e. The molecule has 1 amide bonds.